The highest BCUT2D eigenvalue weighted by Crippen LogP contribution is 2.43. The smallest absolute Gasteiger partial charge is 0.393 e. The van der Waals surface area contributed by atoms with Crippen LogP contribution in [0.25, 0.3) is 0 Å². The second-order valence-electron chi connectivity index (χ2n) is 15.8. The van der Waals surface area contributed by atoms with Crippen LogP contribution in [0.2, 0.25) is 0 Å². The molecule has 58 heavy (non-hydrogen) atoms. The summed E-state index contributed by atoms with van der Waals surface area (Å²) >= 11 is 0. The van der Waals surface area contributed by atoms with Gasteiger partial charge in [-0.1, -0.05) is 184 Å². The fourth-order valence-corrected chi connectivity index (χ4v) is 7.31. The topological polar surface area (TPSA) is 151 Å². The normalized spacial score (nSPS) is 15.1. The zero-order valence-corrected chi connectivity index (χ0v) is 38.0. The minimum Gasteiger partial charge on any atom is -0.393 e. The Morgan fingerprint density at radius 3 is 1.57 bits per heavy atom. The van der Waals surface area contributed by atoms with Gasteiger partial charge in [0.15, 0.2) is 0 Å². The molecule has 0 saturated heterocycles. The SMILES string of the molecule is CCCCC/C=C\C=C/CCCCCCCCCCC(O)CC(=O)NC(COP(=O)(O)OCCN)C(O)/C=C/CC/C=C/CC/C=C/CCCCCCCCCCC. The molecule has 4 atom stereocenters. The van der Waals surface area contributed by atoms with E-state index < -0.39 is 38.6 Å². The van der Waals surface area contributed by atoms with Crippen LogP contribution in [-0.4, -0.2) is 59.0 Å². The summed E-state index contributed by atoms with van der Waals surface area (Å²) in [5, 5.41) is 24.1. The quantitative estimate of drug-likeness (QED) is 0.0176. The highest BCUT2D eigenvalue weighted by Gasteiger charge is 2.27. The lowest BCUT2D eigenvalue weighted by atomic mass is 10.0. The molecule has 0 aromatic carbocycles. The Balaban J connectivity index is 4.37. The Bertz CT molecular complexity index is 1110. The molecule has 9 nitrogen and oxygen atoms in total. The summed E-state index contributed by atoms with van der Waals surface area (Å²) in [6.07, 6.45) is 51.6. The molecule has 0 aromatic rings. The van der Waals surface area contributed by atoms with E-state index in [-0.39, 0.29) is 19.6 Å². The molecule has 0 fully saturated rings. The zero-order chi connectivity index (χ0) is 42.6. The first-order valence-corrected chi connectivity index (χ1v) is 25.0. The van der Waals surface area contributed by atoms with Crippen LogP contribution in [-0.2, 0) is 18.4 Å². The monoisotopic (exact) mass is 837 g/mol. The number of carbonyl (C=O) groups excluding carboxylic acids is 1. The molecule has 338 valence electrons. The molecule has 0 rings (SSSR count). The Morgan fingerprint density at radius 2 is 1.03 bits per heavy atom. The van der Waals surface area contributed by atoms with Crippen LogP contribution in [0, 0.1) is 0 Å². The van der Waals surface area contributed by atoms with E-state index in [1.165, 1.54) is 116 Å². The first-order chi connectivity index (χ1) is 28.3. The van der Waals surface area contributed by atoms with Gasteiger partial charge in [0.2, 0.25) is 5.91 Å². The first kappa shape index (κ1) is 56.2. The van der Waals surface area contributed by atoms with E-state index in [4.69, 9.17) is 14.8 Å². The van der Waals surface area contributed by atoms with Crippen LogP contribution >= 0.6 is 7.82 Å². The van der Waals surface area contributed by atoms with Gasteiger partial charge in [0, 0.05) is 6.54 Å². The van der Waals surface area contributed by atoms with Crippen molar-refractivity contribution in [3.05, 3.63) is 60.8 Å². The van der Waals surface area contributed by atoms with Gasteiger partial charge in [-0.15, -0.1) is 0 Å². The van der Waals surface area contributed by atoms with E-state index >= 15 is 0 Å². The summed E-state index contributed by atoms with van der Waals surface area (Å²) in [7, 11) is -4.42. The molecule has 0 aromatic heterocycles. The maximum atomic E-state index is 12.8. The summed E-state index contributed by atoms with van der Waals surface area (Å²) in [5.41, 5.74) is 5.37. The highest BCUT2D eigenvalue weighted by atomic mass is 31.2. The average Bonchev–Trinajstić information content (AvgIpc) is 3.20. The van der Waals surface area contributed by atoms with Gasteiger partial charge in [0.1, 0.15) is 0 Å². The van der Waals surface area contributed by atoms with Gasteiger partial charge in [-0.25, -0.2) is 4.57 Å². The van der Waals surface area contributed by atoms with E-state index in [1.807, 2.05) is 6.08 Å². The number of phosphoric acid groups is 1. The number of amides is 1. The van der Waals surface area contributed by atoms with E-state index in [2.05, 4.69) is 67.8 Å². The molecule has 0 saturated carbocycles. The summed E-state index contributed by atoms with van der Waals surface area (Å²) < 4.78 is 22.1. The van der Waals surface area contributed by atoms with Gasteiger partial charge < -0.3 is 26.2 Å². The summed E-state index contributed by atoms with van der Waals surface area (Å²) in [6.45, 7) is 3.91. The van der Waals surface area contributed by atoms with Crippen LogP contribution in [0.15, 0.2) is 60.8 Å². The molecular formula is C48H89N2O7P. The molecule has 0 spiro atoms. The number of unbranched alkanes of at least 4 members (excludes halogenated alkanes) is 22. The van der Waals surface area contributed by atoms with E-state index in [9.17, 15) is 24.5 Å². The van der Waals surface area contributed by atoms with Gasteiger partial charge >= 0.3 is 7.82 Å². The minimum absolute atomic E-state index is 0.0393. The predicted octanol–water partition coefficient (Wildman–Crippen LogP) is 12.4. The van der Waals surface area contributed by atoms with E-state index in [1.54, 1.807) is 6.08 Å². The number of nitrogens with one attached hydrogen (secondary N) is 1. The molecule has 1 amide bonds. The second-order valence-corrected chi connectivity index (χ2v) is 17.3. The molecule has 0 heterocycles. The summed E-state index contributed by atoms with van der Waals surface area (Å²) in [4.78, 5) is 22.8. The Kier molecular flexibility index (Phi) is 41.9. The number of aliphatic hydroxyl groups is 2. The Labute approximate surface area is 356 Å². The molecule has 6 N–H and O–H groups in total. The molecule has 0 aliphatic heterocycles. The summed E-state index contributed by atoms with van der Waals surface area (Å²) in [5.74, 6) is -0.466. The fourth-order valence-electron chi connectivity index (χ4n) is 6.55. The maximum absolute atomic E-state index is 12.8. The maximum Gasteiger partial charge on any atom is 0.472 e. The second kappa shape index (κ2) is 43.3. The number of phosphoric ester groups is 1. The van der Waals surface area contributed by atoms with E-state index in [0.717, 1.165) is 51.4 Å². The third kappa shape index (κ3) is 40.9. The van der Waals surface area contributed by atoms with Gasteiger partial charge in [-0.05, 0) is 70.6 Å². The van der Waals surface area contributed by atoms with Gasteiger partial charge in [-0.2, -0.15) is 0 Å². The fraction of sp³-hybridized carbons (Fsp3) is 0.771. The average molecular weight is 837 g/mol. The van der Waals surface area contributed by atoms with Crippen LogP contribution in [0.4, 0.5) is 0 Å². The van der Waals surface area contributed by atoms with Crippen molar-refractivity contribution in [3.8, 4) is 0 Å². The van der Waals surface area contributed by atoms with Crippen molar-refractivity contribution in [1.29, 1.82) is 0 Å². The summed E-state index contributed by atoms with van der Waals surface area (Å²) in [6, 6.07) is -1.01. The number of allylic oxidation sites excluding steroid dienone is 9. The van der Waals surface area contributed by atoms with E-state index in [0.29, 0.717) is 12.8 Å². The number of carbonyl (C=O) groups is 1. The highest BCUT2D eigenvalue weighted by molar-refractivity contribution is 7.47. The largest absolute Gasteiger partial charge is 0.472 e. The Hall–Kier alpha value is -1.84. The lowest BCUT2D eigenvalue weighted by molar-refractivity contribution is -0.124. The molecule has 0 radical (unpaired) electrons. The molecular weight excluding hydrogens is 748 g/mol. The number of hydrogen-bond acceptors (Lipinski definition) is 7. The first-order valence-electron chi connectivity index (χ1n) is 23.5. The lowest BCUT2D eigenvalue weighted by Crippen LogP contribution is -2.46. The van der Waals surface area contributed by atoms with Crippen molar-refractivity contribution in [2.75, 3.05) is 19.8 Å². The molecule has 0 aliphatic rings. The van der Waals surface area contributed by atoms with Gasteiger partial charge in [-0.3, -0.25) is 13.8 Å². The minimum atomic E-state index is -4.42. The molecule has 4 unspecified atom stereocenters. The van der Waals surface area contributed by atoms with Crippen LogP contribution < -0.4 is 11.1 Å². The number of aliphatic hydroxyl groups excluding tert-OH is 2. The zero-order valence-electron chi connectivity index (χ0n) is 37.1. The number of rotatable bonds is 43. The van der Waals surface area contributed by atoms with Crippen molar-refractivity contribution < 1.29 is 33.5 Å². The predicted molar refractivity (Wildman–Crippen MR) is 246 cm³/mol. The van der Waals surface area contributed by atoms with Gasteiger partial charge in [0.05, 0.1) is 37.9 Å². The van der Waals surface area contributed by atoms with Crippen LogP contribution in [0.5, 0.6) is 0 Å². The molecule has 0 aliphatic carbocycles. The van der Waals surface area contributed by atoms with Gasteiger partial charge in [0.25, 0.3) is 0 Å². The van der Waals surface area contributed by atoms with Crippen molar-refractivity contribution in [3.63, 3.8) is 0 Å². The number of nitrogens with two attached hydrogens (primary N) is 1. The third-order valence-corrected chi connectivity index (χ3v) is 11.1. The van der Waals surface area contributed by atoms with Crippen molar-refractivity contribution in [2.24, 2.45) is 5.73 Å². The standard InChI is InChI=1S/C48H89N2O7P/c1-3-5-7-9-11-13-15-17-19-21-22-24-26-28-30-32-34-36-38-40-47(52)46(44-57-58(54,55)56-42-41-49)50-48(53)43-45(51)39-37-35-33-31-29-27-25-23-20-18-16-14-12-10-8-6-4-2/h12,14,16,18,22,24,30,32,38,40,45-47,51-52H,3-11,13,15,17,19-21,23,25-29,31,33-37,39,41-44,49H2,1-2H3,(H,50,53)(H,54,55)/b14-12-,18-16-,24-22+,32-30+,40-38+. The van der Waals surface area contributed by atoms with Crippen LogP contribution in [0.1, 0.15) is 200 Å². The number of hydrogen-bond donors (Lipinski definition) is 5. The van der Waals surface area contributed by atoms with Crippen molar-refractivity contribution >= 4 is 13.7 Å². The van der Waals surface area contributed by atoms with Crippen molar-refractivity contribution in [2.45, 2.75) is 218 Å². The van der Waals surface area contributed by atoms with Crippen LogP contribution in [0.3, 0.4) is 0 Å². The third-order valence-electron chi connectivity index (χ3n) is 10.1. The molecule has 10 heteroatoms. The lowest BCUT2D eigenvalue weighted by Gasteiger charge is -2.24. The van der Waals surface area contributed by atoms with Crippen molar-refractivity contribution in [1.82, 2.24) is 5.32 Å². The Morgan fingerprint density at radius 1 is 0.603 bits per heavy atom. The molecule has 0 bridgehead atoms.